The Morgan fingerprint density at radius 2 is 2.17 bits per heavy atom. The summed E-state index contributed by atoms with van der Waals surface area (Å²) in [5, 5.41) is 9.51. The summed E-state index contributed by atoms with van der Waals surface area (Å²) in [6, 6.07) is 9.23. The molecule has 0 bridgehead atoms. The Morgan fingerprint density at radius 1 is 1.30 bits per heavy atom. The van der Waals surface area contributed by atoms with Crippen LogP contribution in [0.2, 0.25) is 0 Å². The summed E-state index contributed by atoms with van der Waals surface area (Å²) in [6.45, 7) is 0. The lowest BCUT2D eigenvalue weighted by Crippen LogP contribution is -2.21. The van der Waals surface area contributed by atoms with Crippen LogP contribution in [0.15, 0.2) is 54.3 Å². The third-order valence-corrected chi connectivity index (χ3v) is 3.79. The lowest BCUT2D eigenvalue weighted by molar-refractivity contribution is 0.393. The number of rotatable bonds is 1. The van der Waals surface area contributed by atoms with E-state index in [9.17, 15) is 5.26 Å². The summed E-state index contributed by atoms with van der Waals surface area (Å²) in [7, 11) is 0. The number of hydrogen-bond donors (Lipinski definition) is 2. The molecule has 23 heavy (non-hydrogen) atoms. The first kappa shape index (κ1) is 13.2. The summed E-state index contributed by atoms with van der Waals surface area (Å²) in [5.74, 6) is 0.755. The third-order valence-electron chi connectivity index (χ3n) is 3.79. The zero-order chi connectivity index (χ0) is 16.0. The van der Waals surface area contributed by atoms with Gasteiger partial charge in [0.15, 0.2) is 0 Å². The molecule has 7 heteroatoms. The fourth-order valence-electron chi connectivity index (χ4n) is 2.76. The Morgan fingerprint density at radius 3 is 2.96 bits per heavy atom. The van der Waals surface area contributed by atoms with Crippen molar-refractivity contribution in [2.75, 3.05) is 5.73 Å². The molecule has 1 aliphatic heterocycles. The Hall–Kier alpha value is -3.53. The average molecular weight is 304 g/mol. The second-order valence-electron chi connectivity index (χ2n) is 5.21. The molecule has 112 valence electrons. The molecular weight excluding hydrogens is 292 g/mol. The third kappa shape index (κ3) is 1.97. The Bertz CT molecular complexity index is 964. The van der Waals surface area contributed by atoms with Gasteiger partial charge in [-0.3, -0.25) is 4.40 Å². The molecule has 1 aliphatic rings. The molecule has 4 N–H and O–H groups in total. The van der Waals surface area contributed by atoms with Gasteiger partial charge in [-0.2, -0.15) is 5.26 Å². The number of aromatic nitrogens is 3. The van der Waals surface area contributed by atoms with Crippen molar-refractivity contribution in [3.05, 3.63) is 65.6 Å². The van der Waals surface area contributed by atoms with E-state index in [1.54, 1.807) is 22.7 Å². The number of allylic oxidation sites excluding steroid dienone is 1. The number of nitrogens with zero attached hydrogens (tertiary/aromatic N) is 4. The Balaban J connectivity index is 1.96. The zero-order valence-corrected chi connectivity index (χ0v) is 12.0. The fourth-order valence-corrected chi connectivity index (χ4v) is 2.76. The van der Waals surface area contributed by atoms with Crippen LogP contribution in [0.3, 0.4) is 0 Å². The van der Waals surface area contributed by atoms with Crippen LogP contribution in [0.25, 0.3) is 5.78 Å². The average Bonchev–Trinajstić information content (AvgIpc) is 2.96. The number of hydrogen-bond acceptors (Lipinski definition) is 6. The maximum atomic E-state index is 9.51. The molecule has 0 radical (unpaired) electrons. The molecule has 1 aromatic carbocycles. The first-order valence-corrected chi connectivity index (χ1v) is 6.94. The van der Waals surface area contributed by atoms with E-state index < -0.39 is 5.92 Å². The van der Waals surface area contributed by atoms with Gasteiger partial charge in [0, 0.05) is 35.9 Å². The monoisotopic (exact) mass is 304 g/mol. The first-order chi connectivity index (χ1) is 11.2. The van der Waals surface area contributed by atoms with Crippen molar-refractivity contribution in [3.8, 4) is 11.8 Å². The predicted molar refractivity (Wildman–Crippen MR) is 83.1 cm³/mol. The van der Waals surface area contributed by atoms with E-state index >= 15 is 0 Å². The molecule has 2 aromatic heterocycles. The van der Waals surface area contributed by atoms with Gasteiger partial charge in [-0.15, -0.1) is 0 Å². The van der Waals surface area contributed by atoms with Crippen molar-refractivity contribution < 1.29 is 4.74 Å². The number of ether oxygens (including phenoxy) is 1. The van der Waals surface area contributed by atoms with Crippen molar-refractivity contribution in [3.63, 3.8) is 0 Å². The quantitative estimate of drug-likeness (QED) is 0.659. The number of nitriles is 1. The molecule has 7 nitrogen and oxygen atoms in total. The summed E-state index contributed by atoms with van der Waals surface area (Å²) >= 11 is 0. The second-order valence-corrected chi connectivity index (χ2v) is 5.21. The molecule has 0 saturated carbocycles. The highest BCUT2D eigenvalue weighted by Crippen LogP contribution is 2.42. The van der Waals surface area contributed by atoms with Crippen LogP contribution in [0, 0.1) is 11.3 Å². The molecule has 0 amide bonds. The minimum Gasteiger partial charge on any atom is -0.440 e. The van der Waals surface area contributed by atoms with Crippen molar-refractivity contribution in [2.24, 2.45) is 5.73 Å². The second kappa shape index (κ2) is 4.74. The van der Waals surface area contributed by atoms with E-state index in [-0.39, 0.29) is 5.88 Å². The summed E-state index contributed by atoms with van der Waals surface area (Å²) < 4.78 is 7.35. The van der Waals surface area contributed by atoms with E-state index in [2.05, 4.69) is 16.0 Å². The maximum absolute atomic E-state index is 9.51. The minimum atomic E-state index is -0.411. The summed E-state index contributed by atoms with van der Waals surface area (Å²) in [6.07, 6.45) is 5.35. The van der Waals surface area contributed by atoms with Gasteiger partial charge in [-0.25, -0.2) is 9.97 Å². The van der Waals surface area contributed by atoms with Crippen LogP contribution >= 0.6 is 0 Å². The van der Waals surface area contributed by atoms with Gasteiger partial charge >= 0.3 is 0 Å². The van der Waals surface area contributed by atoms with Crippen molar-refractivity contribution in [1.82, 2.24) is 14.4 Å². The topological polar surface area (TPSA) is 115 Å². The zero-order valence-electron chi connectivity index (χ0n) is 12.0. The van der Waals surface area contributed by atoms with Crippen molar-refractivity contribution in [2.45, 2.75) is 5.92 Å². The van der Waals surface area contributed by atoms with E-state index in [1.165, 1.54) is 0 Å². The van der Waals surface area contributed by atoms with Crippen LogP contribution < -0.4 is 16.2 Å². The minimum absolute atomic E-state index is 0.0700. The normalized spacial score (nSPS) is 16.7. The van der Waals surface area contributed by atoms with Crippen LogP contribution in [0.5, 0.6) is 5.75 Å². The van der Waals surface area contributed by atoms with Gasteiger partial charge in [0.1, 0.15) is 17.4 Å². The molecule has 3 aromatic rings. The number of nitrogen functional groups attached to an aromatic ring is 1. The van der Waals surface area contributed by atoms with Gasteiger partial charge in [0.05, 0.1) is 11.6 Å². The summed E-state index contributed by atoms with van der Waals surface area (Å²) in [5.41, 5.74) is 14.1. The predicted octanol–water partition coefficient (Wildman–Crippen LogP) is 1.53. The number of fused-ring (bicyclic) bond motifs is 2. The van der Waals surface area contributed by atoms with E-state index in [1.807, 2.05) is 24.5 Å². The van der Waals surface area contributed by atoms with Gasteiger partial charge in [-0.05, 0) is 12.1 Å². The molecule has 0 spiro atoms. The maximum Gasteiger partial charge on any atom is 0.233 e. The smallest absolute Gasteiger partial charge is 0.233 e. The van der Waals surface area contributed by atoms with Gasteiger partial charge in [-0.1, -0.05) is 6.07 Å². The lowest BCUT2D eigenvalue weighted by Gasteiger charge is -2.25. The molecular formula is C16H12N6O. The molecule has 3 heterocycles. The van der Waals surface area contributed by atoms with E-state index in [0.29, 0.717) is 28.5 Å². The van der Waals surface area contributed by atoms with Gasteiger partial charge < -0.3 is 16.2 Å². The SMILES string of the molecule is N#CC1=C(N)Oc2cc(N)ccc2C1c1cn2cccnc2n1. The molecule has 0 saturated heterocycles. The number of imidazole rings is 1. The Labute approximate surface area is 131 Å². The molecule has 1 atom stereocenters. The highest BCUT2D eigenvalue weighted by atomic mass is 16.5. The lowest BCUT2D eigenvalue weighted by atomic mass is 9.87. The number of anilines is 1. The van der Waals surface area contributed by atoms with Gasteiger partial charge in [0.2, 0.25) is 11.7 Å². The molecule has 4 rings (SSSR count). The molecule has 0 aliphatic carbocycles. The van der Waals surface area contributed by atoms with Crippen LogP contribution in [-0.2, 0) is 0 Å². The standard InChI is InChI=1S/C16H12N6O/c17-7-11-14(12-8-22-5-1-4-20-16(22)21-12)10-3-2-9(18)6-13(10)23-15(11)19/h1-6,8,14H,18-19H2. The number of benzene rings is 1. The summed E-state index contributed by atoms with van der Waals surface area (Å²) in [4.78, 5) is 8.72. The number of nitrogens with two attached hydrogens (primary N) is 2. The van der Waals surface area contributed by atoms with Crippen LogP contribution in [0.1, 0.15) is 17.2 Å². The highest BCUT2D eigenvalue weighted by molar-refractivity contribution is 5.59. The highest BCUT2D eigenvalue weighted by Gasteiger charge is 2.32. The first-order valence-electron chi connectivity index (χ1n) is 6.94. The Kier molecular flexibility index (Phi) is 2.71. The van der Waals surface area contributed by atoms with Crippen LogP contribution in [0.4, 0.5) is 5.69 Å². The molecule has 1 unspecified atom stereocenters. The van der Waals surface area contributed by atoms with E-state index in [0.717, 1.165) is 5.56 Å². The molecule has 0 fully saturated rings. The largest absolute Gasteiger partial charge is 0.440 e. The van der Waals surface area contributed by atoms with Crippen molar-refractivity contribution in [1.29, 1.82) is 5.26 Å². The van der Waals surface area contributed by atoms with Gasteiger partial charge in [0.25, 0.3) is 0 Å². The van der Waals surface area contributed by atoms with Crippen LogP contribution in [-0.4, -0.2) is 14.4 Å². The van der Waals surface area contributed by atoms with E-state index in [4.69, 9.17) is 16.2 Å². The van der Waals surface area contributed by atoms with Crippen molar-refractivity contribution >= 4 is 11.5 Å². The fraction of sp³-hybridized carbons (Fsp3) is 0.0625.